The molecule has 0 atom stereocenters. The third-order valence-corrected chi connectivity index (χ3v) is 6.07. The van der Waals surface area contributed by atoms with Gasteiger partial charge >= 0.3 is 5.69 Å². The van der Waals surface area contributed by atoms with Gasteiger partial charge in [-0.25, -0.2) is 9.78 Å². The molecule has 0 bridgehead atoms. The summed E-state index contributed by atoms with van der Waals surface area (Å²) in [7, 11) is 6.13. The van der Waals surface area contributed by atoms with Crippen molar-refractivity contribution in [2.45, 2.75) is 6.54 Å². The molecule has 0 saturated heterocycles. The first-order valence-electron chi connectivity index (χ1n) is 11.3. The lowest BCUT2D eigenvalue weighted by molar-refractivity contribution is 0.0971. The normalized spacial score (nSPS) is 11.0. The van der Waals surface area contributed by atoms with Crippen molar-refractivity contribution in [3.8, 4) is 34.4 Å². The van der Waals surface area contributed by atoms with Crippen LogP contribution in [0.2, 0.25) is 0 Å². The van der Waals surface area contributed by atoms with Crippen LogP contribution in [0.3, 0.4) is 0 Å². The van der Waals surface area contributed by atoms with E-state index in [2.05, 4.69) is 10.1 Å². The Balaban J connectivity index is 1.64. The summed E-state index contributed by atoms with van der Waals surface area (Å²) in [5.74, 6) is 2.11. The van der Waals surface area contributed by atoms with Crippen LogP contribution in [-0.4, -0.2) is 53.4 Å². The highest BCUT2D eigenvalue weighted by Gasteiger charge is 2.19. The van der Waals surface area contributed by atoms with Gasteiger partial charge in [-0.1, -0.05) is 12.1 Å². The molecule has 188 valence electrons. The van der Waals surface area contributed by atoms with E-state index in [0.29, 0.717) is 56.5 Å². The first-order chi connectivity index (χ1) is 18.0. The molecule has 0 aliphatic rings. The van der Waals surface area contributed by atoms with Crippen LogP contribution >= 0.6 is 0 Å². The number of hydrogen-bond acceptors (Lipinski definition) is 8. The lowest BCUT2D eigenvalue weighted by atomic mass is 10.1. The molecule has 0 aliphatic heterocycles. The number of Topliss-reactive ketones (excluding diaryl/α,β-unsaturated/α-hetero) is 1. The predicted molar refractivity (Wildman–Crippen MR) is 137 cm³/mol. The fourth-order valence-corrected chi connectivity index (χ4v) is 4.19. The minimum atomic E-state index is -0.490. The topological polar surface area (TPSA) is 106 Å². The fourth-order valence-electron chi connectivity index (χ4n) is 4.19. The monoisotopic (exact) mass is 500 g/mol. The van der Waals surface area contributed by atoms with Gasteiger partial charge < -0.3 is 18.9 Å². The van der Waals surface area contributed by atoms with Crippen molar-refractivity contribution in [3.05, 3.63) is 76.7 Å². The quantitative estimate of drug-likeness (QED) is 0.298. The molecule has 10 heteroatoms. The van der Waals surface area contributed by atoms with Crippen LogP contribution < -0.4 is 24.6 Å². The number of nitrogens with zero attached hydrogens (tertiary/aromatic N) is 4. The van der Waals surface area contributed by atoms with Gasteiger partial charge in [0.2, 0.25) is 0 Å². The Morgan fingerprint density at radius 1 is 0.838 bits per heavy atom. The molecule has 2 aromatic heterocycles. The number of benzene rings is 3. The van der Waals surface area contributed by atoms with Gasteiger partial charge in [-0.2, -0.15) is 4.52 Å². The molecule has 0 spiro atoms. The summed E-state index contributed by atoms with van der Waals surface area (Å²) in [6, 6.07) is 17.4. The molecule has 0 N–H and O–H groups in total. The number of para-hydroxylation sites is 1. The van der Waals surface area contributed by atoms with Crippen molar-refractivity contribution < 1.29 is 23.7 Å². The van der Waals surface area contributed by atoms with Gasteiger partial charge in [0, 0.05) is 22.6 Å². The van der Waals surface area contributed by atoms with Crippen LogP contribution in [0.25, 0.3) is 27.9 Å². The van der Waals surface area contributed by atoms with E-state index in [9.17, 15) is 9.59 Å². The fraction of sp³-hybridized carbons (Fsp3) is 0.185. The Labute approximate surface area is 211 Å². The summed E-state index contributed by atoms with van der Waals surface area (Å²) in [6.07, 6.45) is 0. The molecule has 5 aromatic rings. The van der Waals surface area contributed by atoms with Crippen LogP contribution in [0.4, 0.5) is 0 Å². The number of carbonyl (C=O) groups is 1. The highest BCUT2D eigenvalue weighted by Crippen LogP contribution is 2.30. The molecular weight excluding hydrogens is 476 g/mol. The van der Waals surface area contributed by atoms with Gasteiger partial charge in [0.15, 0.2) is 28.8 Å². The number of methoxy groups -OCH3 is 4. The highest BCUT2D eigenvalue weighted by atomic mass is 16.5. The van der Waals surface area contributed by atoms with Crippen LogP contribution in [0.5, 0.6) is 23.0 Å². The zero-order chi connectivity index (χ0) is 26.1. The lowest BCUT2D eigenvalue weighted by Crippen LogP contribution is -2.30. The Hall–Kier alpha value is -4.86. The van der Waals surface area contributed by atoms with Gasteiger partial charge in [-0.15, -0.1) is 5.10 Å². The Kier molecular flexibility index (Phi) is 6.22. The van der Waals surface area contributed by atoms with Crippen molar-refractivity contribution >= 4 is 22.3 Å². The first-order valence-corrected chi connectivity index (χ1v) is 11.3. The van der Waals surface area contributed by atoms with E-state index in [0.717, 1.165) is 0 Å². The maximum atomic E-state index is 13.6. The average Bonchev–Trinajstić information content (AvgIpc) is 3.40. The second-order valence-corrected chi connectivity index (χ2v) is 8.15. The molecule has 10 nitrogen and oxygen atoms in total. The molecule has 0 aliphatic carbocycles. The molecule has 5 rings (SSSR count). The summed E-state index contributed by atoms with van der Waals surface area (Å²) in [5.41, 5.74) is 1.46. The van der Waals surface area contributed by atoms with E-state index in [4.69, 9.17) is 18.9 Å². The Bertz CT molecular complexity index is 1680. The third kappa shape index (κ3) is 4.22. The standard InChI is InChI=1S/C27H24N4O6/c1-34-18-11-17(12-19(14-18)35-2)25-28-26-20-7-5-6-8-21(20)30(27(33)31(26)29-25)15-22(32)16-9-10-23(36-3)24(13-16)37-4/h5-14H,15H2,1-4H3. The van der Waals surface area contributed by atoms with Crippen LogP contribution in [0, 0.1) is 0 Å². The van der Waals surface area contributed by atoms with Crippen LogP contribution in [0.1, 0.15) is 10.4 Å². The van der Waals surface area contributed by atoms with Gasteiger partial charge in [-0.3, -0.25) is 9.36 Å². The molecular formula is C27H24N4O6. The maximum absolute atomic E-state index is 13.6. The molecule has 0 amide bonds. The molecule has 0 radical (unpaired) electrons. The van der Waals surface area contributed by atoms with E-state index >= 15 is 0 Å². The maximum Gasteiger partial charge on any atom is 0.351 e. The van der Waals surface area contributed by atoms with E-state index in [-0.39, 0.29) is 12.3 Å². The van der Waals surface area contributed by atoms with Gasteiger partial charge in [0.05, 0.1) is 40.5 Å². The summed E-state index contributed by atoms with van der Waals surface area (Å²) < 4.78 is 23.9. The molecule has 0 unspecified atom stereocenters. The SMILES string of the molecule is COc1cc(OC)cc(-c2nc3c4ccccc4n(CC(=O)c4ccc(OC)c(OC)c4)c(=O)n3n2)c1. The smallest absolute Gasteiger partial charge is 0.351 e. The number of ketones is 1. The molecule has 0 fully saturated rings. The highest BCUT2D eigenvalue weighted by molar-refractivity contribution is 5.98. The number of aromatic nitrogens is 4. The predicted octanol–water partition coefficient (Wildman–Crippen LogP) is 3.63. The minimum absolute atomic E-state index is 0.201. The number of fused-ring (bicyclic) bond motifs is 3. The van der Waals surface area contributed by atoms with Crippen molar-refractivity contribution in [1.29, 1.82) is 0 Å². The average molecular weight is 501 g/mol. The Morgan fingerprint density at radius 2 is 1.54 bits per heavy atom. The number of ether oxygens (including phenoxy) is 4. The zero-order valence-electron chi connectivity index (χ0n) is 20.7. The molecule has 2 heterocycles. The van der Waals surface area contributed by atoms with Crippen molar-refractivity contribution in [2.24, 2.45) is 0 Å². The second kappa shape index (κ2) is 9.65. The number of hydrogen-bond donors (Lipinski definition) is 0. The minimum Gasteiger partial charge on any atom is -0.497 e. The van der Waals surface area contributed by atoms with E-state index < -0.39 is 5.69 Å². The number of carbonyl (C=O) groups excluding carboxylic acids is 1. The third-order valence-electron chi connectivity index (χ3n) is 6.07. The molecule has 0 saturated carbocycles. The van der Waals surface area contributed by atoms with Crippen molar-refractivity contribution in [2.75, 3.05) is 28.4 Å². The van der Waals surface area contributed by atoms with Crippen LogP contribution in [0.15, 0.2) is 65.5 Å². The van der Waals surface area contributed by atoms with Gasteiger partial charge in [0.1, 0.15) is 11.5 Å². The largest absolute Gasteiger partial charge is 0.497 e. The summed E-state index contributed by atoms with van der Waals surface area (Å²) >= 11 is 0. The van der Waals surface area contributed by atoms with Crippen molar-refractivity contribution in [3.63, 3.8) is 0 Å². The lowest BCUT2D eigenvalue weighted by Gasteiger charge is -2.12. The van der Waals surface area contributed by atoms with E-state index in [1.807, 2.05) is 12.1 Å². The molecule has 37 heavy (non-hydrogen) atoms. The Morgan fingerprint density at radius 3 is 2.22 bits per heavy atom. The van der Waals surface area contributed by atoms with E-state index in [1.54, 1.807) is 62.8 Å². The number of rotatable bonds is 8. The second-order valence-electron chi connectivity index (χ2n) is 8.15. The van der Waals surface area contributed by atoms with Gasteiger partial charge in [0.25, 0.3) is 0 Å². The van der Waals surface area contributed by atoms with Gasteiger partial charge in [-0.05, 0) is 42.5 Å². The van der Waals surface area contributed by atoms with Crippen molar-refractivity contribution in [1.82, 2.24) is 19.2 Å². The molecule has 3 aromatic carbocycles. The summed E-state index contributed by atoms with van der Waals surface area (Å²) in [6.45, 7) is -0.201. The summed E-state index contributed by atoms with van der Waals surface area (Å²) in [5, 5.41) is 5.16. The van der Waals surface area contributed by atoms with E-state index in [1.165, 1.54) is 23.3 Å². The van der Waals surface area contributed by atoms with Crippen LogP contribution in [-0.2, 0) is 6.54 Å². The first kappa shape index (κ1) is 23.9. The zero-order valence-corrected chi connectivity index (χ0v) is 20.7. The summed E-state index contributed by atoms with van der Waals surface area (Å²) in [4.78, 5) is 31.5.